The predicted molar refractivity (Wildman–Crippen MR) is 70.0 cm³/mol. The van der Waals surface area contributed by atoms with E-state index in [1.807, 2.05) is 6.92 Å². The number of aromatic nitrogens is 6. The molecule has 0 aromatic carbocycles. The van der Waals surface area contributed by atoms with Crippen molar-refractivity contribution >= 4 is 11.7 Å². The van der Waals surface area contributed by atoms with E-state index in [-0.39, 0.29) is 11.9 Å². The SMILES string of the molecule is Cc1nc(C(C)NC(=O)c2cn3cccnc3n2)n[nH]1. The first-order valence-corrected chi connectivity index (χ1v) is 6.13. The van der Waals surface area contributed by atoms with Gasteiger partial charge in [-0.2, -0.15) is 5.10 Å². The zero-order valence-electron chi connectivity index (χ0n) is 11.0. The number of hydrogen-bond donors (Lipinski definition) is 2. The summed E-state index contributed by atoms with van der Waals surface area (Å²) in [7, 11) is 0. The summed E-state index contributed by atoms with van der Waals surface area (Å²) in [5.74, 6) is 1.44. The topological polar surface area (TPSA) is 101 Å². The van der Waals surface area contributed by atoms with E-state index in [1.54, 1.807) is 36.0 Å². The highest BCUT2D eigenvalue weighted by Crippen LogP contribution is 2.08. The minimum Gasteiger partial charge on any atom is -0.341 e. The third-order valence-corrected chi connectivity index (χ3v) is 2.82. The lowest BCUT2D eigenvalue weighted by molar-refractivity contribution is 0.0934. The van der Waals surface area contributed by atoms with Gasteiger partial charge in [-0.05, 0) is 19.9 Å². The number of aromatic amines is 1. The molecule has 0 saturated carbocycles. The van der Waals surface area contributed by atoms with Crippen LogP contribution in [0.5, 0.6) is 0 Å². The first kappa shape index (κ1) is 12.3. The monoisotopic (exact) mass is 271 g/mol. The van der Waals surface area contributed by atoms with Crippen LogP contribution in [0.4, 0.5) is 0 Å². The fourth-order valence-electron chi connectivity index (χ4n) is 1.83. The summed E-state index contributed by atoms with van der Waals surface area (Å²) in [6, 6.07) is 1.47. The van der Waals surface area contributed by atoms with Crippen molar-refractivity contribution in [3.63, 3.8) is 0 Å². The minimum absolute atomic E-state index is 0.287. The molecule has 0 saturated heterocycles. The number of aryl methyl sites for hydroxylation is 1. The molecule has 0 bridgehead atoms. The van der Waals surface area contributed by atoms with Gasteiger partial charge < -0.3 is 5.32 Å². The summed E-state index contributed by atoms with van der Waals surface area (Å²) < 4.78 is 1.69. The van der Waals surface area contributed by atoms with Gasteiger partial charge in [0.05, 0.1) is 6.04 Å². The number of imidazole rings is 1. The Balaban J connectivity index is 1.78. The van der Waals surface area contributed by atoms with Gasteiger partial charge in [-0.1, -0.05) is 0 Å². The lowest BCUT2D eigenvalue weighted by Crippen LogP contribution is -2.27. The van der Waals surface area contributed by atoms with E-state index >= 15 is 0 Å². The molecule has 3 heterocycles. The van der Waals surface area contributed by atoms with E-state index in [9.17, 15) is 4.79 Å². The van der Waals surface area contributed by atoms with Gasteiger partial charge >= 0.3 is 0 Å². The third kappa shape index (κ3) is 2.22. The molecule has 20 heavy (non-hydrogen) atoms. The number of amides is 1. The zero-order valence-corrected chi connectivity index (χ0v) is 11.0. The fraction of sp³-hybridized carbons (Fsp3) is 0.250. The predicted octanol–water partition coefficient (Wildman–Crippen LogP) is 0.647. The van der Waals surface area contributed by atoms with Crippen molar-refractivity contribution in [1.29, 1.82) is 0 Å². The molecule has 2 N–H and O–H groups in total. The molecule has 0 fully saturated rings. The van der Waals surface area contributed by atoms with Gasteiger partial charge in [-0.3, -0.25) is 14.3 Å². The molecule has 0 radical (unpaired) electrons. The Bertz CT molecular complexity index is 727. The number of fused-ring (bicyclic) bond motifs is 1. The molecule has 102 valence electrons. The summed E-state index contributed by atoms with van der Waals surface area (Å²) in [5, 5.41) is 9.56. The van der Waals surface area contributed by atoms with Crippen LogP contribution >= 0.6 is 0 Å². The van der Waals surface area contributed by atoms with Crippen LogP contribution in [0.1, 0.15) is 35.1 Å². The second-order valence-corrected chi connectivity index (χ2v) is 4.43. The highest BCUT2D eigenvalue weighted by Gasteiger charge is 2.17. The number of hydrogen-bond acceptors (Lipinski definition) is 5. The average Bonchev–Trinajstić information content (AvgIpc) is 3.04. The Morgan fingerprint density at radius 3 is 3.00 bits per heavy atom. The van der Waals surface area contributed by atoms with Gasteiger partial charge in [0.15, 0.2) is 5.82 Å². The van der Waals surface area contributed by atoms with Crippen LogP contribution in [0.3, 0.4) is 0 Å². The molecule has 1 amide bonds. The standard InChI is InChI=1S/C12H13N7O/c1-7(10-15-8(2)17-18-10)14-11(20)9-6-19-5-3-4-13-12(19)16-9/h3-7H,1-2H3,(H,14,20)(H,15,17,18). The van der Waals surface area contributed by atoms with Gasteiger partial charge in [-0.25, -0.2) is 15.0 Å². The summed E-state index contributed by atoms with van der Waals surface area (Å²) in [6.07, 6.45) is 5.05. The van der Waals surface area contributed by atoms with E-state index in [4.69, 9.17) is 0 Å². The maximum atomic E-state index is 12.1. The molecule has 1 atom stereocenters. The molecule has 3 aromatic rings. The van der Waals surface area contributed by atoms with E-state index in [2.05, 4.69) is 30.5 Å². The highest BCUT2D eigenvalue weighted by molar-refractivity contribution is 5.92. The number of carbonyl (C=O) groups excluding carboxylic acids is 1. The van der Waals surface area contributed by atoms with Gasteiger partial charge in [0, 0.05) is 18.6 Å². The fourth-order valence-corrected chi connectivity index (χ4v) is 1.83. The molecule has 3 aromatic heterocycles. The van der Waals surface area contributed by atoms with Crippen molar-refractivity contribution in [3.05, 3.63) is 42.0 Å². The van der Waals surface area contributed by atoms with Crippen LogP contribution in [0.15, 0.2) is 24.7 Å². The molecule has 1 unspecified atom stereocenters. The van der Waals surface area contributed by atoms with Gasteiger partial charge in [0.2, 0.25) is 5.78 Å². The highest BCUT2D eigenvalue weighted by atomic mass is 16.2. The molecule has 8 nitrogen and oxygen atoms in total. The van der Waals surface area contributed by atoms with Crippen LogP contribution in [0.25, 0.3) is 5.78 Å². The van der Waals surface area contributed by atoms with E-state index < -0.39 is 0 Å². The van der Waals surface area contributed by atoms with Crippen molar-refractivity contribution in [1.82, 2.24) is 34.9 Å². The van der Waals surface area contributed by atoms with Crippen molar-refractivity contribution in [2.24, 2.45) is 0 Å². The minimum atomic E-state index is -0.301. The second-order valence-electron chi connectivity index (χ2n) is 4.43. The maximum Gasteiger partial charge on any atom is 0.272 e. The lowest BCUT2D eigenvalue weighted by Gasteiger charge is -2.08. The quantitative estimate of drug-likeness (QED) is 0.728. The third-order valence-electron chi connectivity index (χ3n) is 2.82. The smallest absolute Gasteiger partial charge is 0.272 e. The van der Waals surface area contributed by atoms with Crippen molar-refractivity contribution in [2.75, 3.05) is 0 Å². The molecule has 0 aliphatic heterocycles. The summed E-state index contributed by atoms with van der Waals surface area (Å²) in [6.45, 7) is 3.62. The molecule has 0 aliphatic rings. The Morgan fingerprint density at radius 1 is 1.45 bits per heavy atom. The number of H-pyrrole nitrogens is 1. The average molecular weight is 271 g/mol. The van der Waals surface area contributed by atoms with Crippen LogP contribution in [0.2, 0.25) is 0 Å². The molecule has 8 heteroatoms. The Labute approximate surface area is 114 Å². The summed E-state index contributed by atoms with van der Waals surface area (Å²) in [4.78, 5) is 24.5. The van der Waals surface area contributed by atoms with Crippen LogP contribution in [-0.2, 0) is 0 Å². The lowest BCUT2D eigenvalue weighted by atomic mass is 10.3. The number of rotatable bonds is 3. The Morgan fingerprint density at radius 2 is 2.30 bits per heavy atom. The van der Waals surface area contributed by atoms with Crippen molar-refractivity contribution < 1.29 is 4.79 Å². The number of nitrogens with one attached hydrogen (secondary N) is 2. The van der Waals surface area contributed by atoms with Crippen molar-refractivity contribution in [3.8, 4) is 0 Å². The maximum absolute atomic E-state index is 12.1. The molecule has 0 spiro atoms. The summed E-state index contributed by atoms with van der Waals surface area (Å²) in [5.41, 5.74) is 0.308. The normalized spacial score (nSPS) is 12.5. The molecule has 0 aliphatic carbocycles. The first-order valence-electron chi connectivity index (χ1n) is 6.13. The number of carbonyl (C=O) groups is 1. The zero-order chi connectivity index (χ0) is 14.1. The van der Waals surface area contributed by atoms with Gasteiger partial charge in [0.1, 0.15) is 11.5 Å². The molecular weight excluding hydrogens is 258 g/mol. The van der Waals surface area contributed by atoms with Gasteiger partial charge in [-0.15, -0.1) is 0 Å². The van der Waals surface area contributed by atoms with E-state index in [0.29, 0.717) is 23.1 Å². The van der Waals surface area contributed by atoms with Crippen LogP contribution < -0.4 is 5.32 Å². The largest absolute Gasteiger partial charge is 0.341 e. The van der Waals surface area contributed by atoms with E-state index in [1.165, 1.54) is 0 Å². The Hall–Kier alpha value is -2.77. The summed E-state index contributed by atoms with van der Waals surface area (Å²) >= 11 is 0. The van der Waals surface area contributed by atoms with Gasteiger partial charge in [0.25, 0.3) is 5.91 Å². The van der Waals surface area contributed by atoms with Crippen LogP contribution in [0, 0.1) is 6.92 Å². The molecule has 3 rings (SSSR count). The van der Waals surface area contributed by atoms with Crippen LogP contribution in [-0.4, -0.2) is 35.5 Å². The molecular formula is C12H13N7O. The number of nitrogens with zero attached hydrogens (tertiary/aromatic N) is 5. The second kappa shape index (κ2) is 4.72. The van der Waals surface area contributed by atoms with Crippen molar-refractivity contribution in [2.45, 2.75) is 19.9 Å². The first-order chi connectivity index (χ1) is 9.63. The van der Waals surface area contributed by atoms with E-state index in [0.717, 1.165) is 0 Å². The Kier molecular flexibility index (Phi) is 2.90.